The molecule has 0 bridgehead atoms. The number of benzene rings is 1. The summed E-state index contributed by atoms with van der Waals surface area (Å²) in [4.78, 5) is 0. The minimum atomic E-state index is -0.179. The summed E-state index contributed by atoms with van der Waals surface area (Å²) in [5.41, 5.74) is 0.976. The molecule has 1 aromatic carbocycles. The molecule has 1 unspecified atom stereocenters. The fourth-order valence-electron chi connectivity index (χ4n) is 1.73. The predicted molar refractivity (Wildman–Crippen MR) is 69.9 cm³/mol. The Labute approximate surface area is 106 Å². The second kappa shape index (κ2) is 7.02. The van der Waals surface area contributed by atoms with E-state index in [1.807, 2.05) is 0 Å². The van der Waals surface area contributed by atoms with Gasteiger partial charge in [-0.15, -0.1) is 0 Å². The van der Waals surface area contributed by atoms with Gasteiger partial charge in [-0.25, -0.2) is 4.39 Å². The van der Waals surface area contributed by atoms with E-state index in [1.54, 1.807) is 12.1 Å². The molecule has 1 atom stereocenters. The molecule has 1 aromatic rings. The second-order valence-electron chi connectivity index (χ2n) is 4.26. The number of nitrogens with one attached hydrogen (secondary N) is 1. The van der Waals surface area contributed by atoms with E-state index in [4.69, 9.17) is 0 Å². The van der Waals surface area contributed by atoms with Gasteiger partial charge in [-0.05, 0) is 42.6 Å². The van der Waals surface area contributed by atoms with Gasteiger partial charge in [0.1, 0.15) is 5.82 Å². The molecule has 3 heteroatoms. The van der Waals surface area contributed by atoms with Crippen LogP contribution in [0.2, 0.25) is 0 Å². The van der Waals surface area contributed by atoms with Crippen molar-refractivity contribution in [1.29, 1.82) is 0 Å². The average molecular weight is 288 g/mol. The fourth-order valence-corrected chi connectivity index (χ4v) is 2.11. The minimum Gasteiger partial charge on any atom is -0.312 e. The summed E-state index contributed by atoms with van der Waals surface area (Å²) in [7, 11) is 0. The van der Waals surface area contributed by atoms with Crippen molar-refractivity contribution in [3.05, 3.63) is 34.1 Å². The number of hydrogen-bond donors (Lipinski definition) is 1. The fraction of sp³-hybridized carbons (Fsp3) is 0.538. The third-order valence-electron chi connectivity index (χ3n) is 2.60. The lowest BCUT2D eigenvalue weighted by atomic mass is 10.1. The molecule has 90 valence electrons. The van der Waals surface area contributed by atoms with Crippen LogP contribution in [0, 0.1) is 11.7 Å². The van der Waals surface area contributed by atoms with Crippen LogP contribution in [0.3, 0.4) is 0 Å². The van der Waals surface area contributed by atoms with Crippen LogP contribution in [-0.4, -0.2) is 6.54 Å². The van der Waals surface area contributed by atoms with Crippen LogP contribution in [0.1, 0.15) is 32.3 Å². The summed E-state index contributed by atoms with van der Waals surface area (Å²) >= 11 is 3.42. The lowest BCUT2D eigenvalue weighted by molar-refractivity contribution is 0.475. The van der Waals surface area contributed by atoms with E-state index < -0.39 is 0 Å². The Hall–Kier alpha value is -0.410. The molecule has 0 amide bonds. The lowest BCUT2D eigenvalue weighted by Crippen LogP contribution is -2.20. The molecule has 1 N–H and O–H groups in total. The Bertz CT molecular complexity index is 328. The average Bonchev–Trinajstić information content (AvgIpc) is 2.23. The van der Waals surface area contributed by atoms with Gasteiger partial charge < -0.3 is 5.32 Å². The molecule has 1 nitrogen and oxygen atoms in total. The van der Waals surface area contributed by atoms with Gasteiger partial charge >= 0.3 is 0 Å². The van der Waals surface area contributed by atoms with E-state index in [-0.39, 0.29) is 5.82 Å². The first kappa shape index (κ1) is 13.7. The third-order valence-corrected chi connectivity index (χ3v) is 3.37. The SMILES string of the molecule is CCCC(C)CNCc1cc(F)ccc1Br. The van der Waals surface area contributed by atoms with Crippen molar-refractivity contribution in [2.45, 2.75) is 33.2 Å². The van der Waals surface area contributed by atoms with Crippen LogP contribution in [0.5, 0.6) is 0 Å². The van der Waals surface area contributed by atoms with E-state index in [2.05, 4.69) is 35.1 Å². The van der Waals surface area contributed by atoms with Crippen LogP contribution in [-0.2, 0) is 6.54 Å². The molecule has 0 radical (unpaired) electrons. The Balaban J connectivity index is 2.39. The van der Waals surface area contributed by atoms with Gasteiger partial charge in [0.25, 0.3) is 0 Å². The van der Waals surface area contributed by atoms with Crippen LogP contribution in [0.25, 0.3) is 0 Å². The molecule has 0 saturated carbocycles. The first-order valence-electron chi connectivity index (χ1n) is 5.78. The third kappa shape index (κ3) is 4.62. The topological polar surface area (TPSA) is 12.0 Å². The van der Waals surface area contributed by atoms with E-state index in [1.165, 1.54) is 18.9 Å². The van der Waals surface area contributed by atoms with Gasteiger partial charge in [-0.1, -0.05) is 36.2 Å². The number of halogens is 2. The van der Waals surface area contributed by atoms with E-state index in [0.29, 0.717) is 12.5 Å². The van der Waals surface area contributed by atoms with Crippen LogP contribution >= 0.6 is 15.9 Å². The second-order valence-corrected chi connectivity index (χ2v) is 5.11. The Kier molecular flexibility index (Phi) is 5.99. The van der Waals surface area contributed by atoms with Crippen molar-refractivity contribution in [1.82, 2.24) is 5.32 Å². The highest BCUT2D eigenvalue weighted by Crippen LogP contribution is 2.17. The smallest absolute Gasteiger partial charge is 0.123 e. The first-order chi connectivity index (χ1) is 7.63. The molecule has 0 spiro atoms. The molecular weight excluding hydrogens is 269 g/mol. The largest absolute Gasteiger partial charge is 0.312 e. The van der Waals surface area contributed by atoms with Gasteiger partial charge in [-0.3, -0.25) is 0 Å². The molecular formula is C13H19BrFN. The predicted octanol–water partition coefficient (Wildman–Crippen LogP) is 4.11. The van der Waals surface area contributed by atoms with Crippen molar-refractivity contribution in [2.75, 3.05) is 6.54 Å². The minimum absolute atomic E-state index is 0.179. The lowest BCUT2D eigenvalue weighted by Gasteiger charge is -2.12. The molecule has 0 fully saturated rings. The molecule has 0 saturated heterocycles. The summed E-state index contributed by atoms with van der Waals surface area (Å²) in [6.45, 7) is 6.12. The van der Waals surface area contributed by atoms with Crippen molar-refractivity contribution >= 4 is 15.9 Å². The van der Waals surface area contributed by atoms with Gasteiger partial charge in [0, 0.05) is 11.0 Å². The van der Waals surface area contributed by atoms with Crippen LogP contribution < -0.4 is 5.32 Å². The normalized spacial score (nSPS) is 12.8. The van der Waals surface area contributed by atoms with Gasteiger partial charge in [0.15, 0.2) is 0 Å². The highest BCUT2D eigenvalue weighted by Gasteiger charge is 2.03. The molecule has 1 rings (SSSR count). The Morgan fingerprint density at radius 2 is 2.19 bits per heavy atom. The van der Waals surface area contributed by atoms with E-state index in [0.717, 1.165) is 16.6 Å². The molecule has 0 aromatic heterocycles. The highest BCUT2D eigenvalue weighted by molar-refractivity contribution is 9.10. The van der Waals surface area contributed by atoms with Crippen molar-refractivity contribution in [3.63, 3.8) is 0 Å². The standard InChI is InChI=1S/C13H19BrFN/c1-3-4-10(2)8-16-9-11-7-12(15)5-6-13(11)14/h5-7,10,16H,3-4,8-9H2,1-2H3. The van der Waals surface area contributed by atoms with Gasteiger partial charge in [0.2, 0.25) is 0 Å². The van der Waals surface area contributed by atoms with Crippen LogP contribution in [0.15, 0.2) is 22.7 Å². The van der Waals surface area contributed by atoms with Crippen molar-refractivity contribution in [3.8, 4) is 0 Å². The molecule has 16 heavy (non-hydrogen) atoms. The summed E-state index contributed by atoms with van der Waals surface area (Å²) in [5.74, 6) is 0.499. The molecule has 0 aliphatic rings. The zero-order chi connectivity index (χ0) is 12.0. The summed E-state index contributed by atoms with van der Waals surface area (Å²) in [5, 5.41) is 3.36. The van der Waals surface area contributed by atoms with Crippen LogP contribution in [0.4, 0.5) is 4.39 Å². The molecule has 0 heterocycles. The summed E-state index contributed by atoms with van der Waals surface area (Å²) in [6.07, 6.45) is 2.45. The van der Waals surface area contributed by atoms with Crippen molar-refractivity contribution in [2.24, 2.45) is 5.92 Å². The van der Waals surface area contributed by atoms with Gasteiger partial charge in [-0.2, -0.15) is 0 Å². The summed E-state index contributed by atoms with van der Waals surface area (Å²) in [6, 6.07) is 4.79. The molecule has 0 aliphatic heterocycles. The summed E-state index contributed by atoms with van der Waals surface area (Å²) < 4.78 is 14.0. The maximum Gasteiger partial charge on any atom is 0.123 e. The quantitative estimate of drug-likeness (QED) is 0.830. The van der Waals surface area contributed by atoms with Crippen molar-refractivity contribution < 1.29 is 4.39 Å². The van der Waals surface area contributed by atoms with E-state index >= 15 is 0 Å². The highest BCUT2D eigenvalue weighted by atomic mass is 79.9. The number of rotatable bonds is 6. The zero-order valence-electron chi connectivity index (χ0n) is 9.89. The van der Waals surface area contributed by atoms with Gasteiger partial charge in [0.05, 0.1) is 0 Å². The molecule has 0 aliphatic carbocycles. The number of hydrogen-bond acceptors (Lipinski definition) is 1. The first-order valence-corrected chi connectivity index (χ1v) is 6.57. The van der Waals surface area contributed by atoms with E-state index in [9.17, 15) is 4.39 Å². The maximum absolute atomic E-state index is 13.0. The monoisotopic (exact) mass is 287 g/mol. The maximum atomic E-state index is 13.0. The Morgan fingerprint density at radius 1 is 1.44 bits per heavy atom. The zero-order valence-corrected chi connectivity index (χ0v) is 11.5. The Morgan fingerprint density at radius 3 is 2.88 bits per heavy atom.